The summed E-state index contributed by atoms with van der Waals surface area (Å²) in [6, 6.07) is 1.97. The van der Waals surface area contributed by atoms with Gasteiger partial charge in [0.25, 0.3) is 0 Å². The number of carbonyl (C=O) groups is 1. The molecule has 4 rings (SSSR count). The molecule has 1 aliphatic carbocycles. The maximum absolute atomic E-state index is 12.7. The molecule has 2 aliphatic rings. The summed E-state index contributed by atoms with van der Waals surface area (Å²) in [7, 11) is 1.91. The molecule has 2 aromatic heterocycles. The van der Waals surface area contributed by atoms with E-state index in [1.54, 1.807) is 4.68 Å². The summed E-state index contributed by atoms with van der Waals surface area (Å²) < 4.78 is 6.92. The van der Waals surface area contributed by atoms with E-state index in [1.165, 1.54) is 5.56 Å². The lowest BCUT2D eigenvalue weighted by Crippen LogP contribution is -2.48. The van der Waals surface area contributed by atoms with Crippen LogP contribution in [0.15, 0.2) is 23.0 Å². The van der Waals surface area contributed by atoms with E-state index in [1.807, 2.05) is 37.3 Å². The van der Waals surface area contributed by atoms with Crippen molar-refractivity contribution in [3.8, 4) is 0 Å². The Morgan fingerprint density at radius 1 is 1.33 bits per heavy atom. The van der Waals surface area contributed by atoms with Gasteiger partial charge in [0, 0.05) is 58.0 Å². The van der Waals surface area contributed by atoms with Gasteiger partial charge < -0.3 is 9.42 Å². The van der Waals surface area contributed by atoms with Crippen LogP contribution in [0.5, 0.6) is 0 Å². The maximum atomic E-state index is 12.7. The van der Waals surface area contributed by atoms with E-state index >= 15 is 0 Å². The van der Waals surface area contributed by atoms with Crippen LogP contribution in [-0.4, -0.2) is 56.8 Å². The van der Waals surface area contributed by atoms with Crippen molar-refractivity contribution in [3.63, 3.8) is 0 Å². The third-order valence-electron chi connectivity index (χ3n) is 5.01. The van der Waals surface area contributed by atoms with Crippen LogP contribution in [0, 0.1) is 12.8 Å². The molecule has 2 atom stereocenters. The Morgan fingerprint density at radius 3 is 2.75 bits per heavy atom. The molecule has 7 heteroatoms. The molecule has 2 fully saturated rings. The molecule has 0 N–H and O–H groups in total. The Hall–Kier alpha value is -2.15. The molecule has 3 heterocycles. The molecule has 128 valence electrons. The van der Waals surface area contributed by atoms with E-state index in [2.05, 4.69) is 15.2 Å². The second kappa shape index (κ2) is 6.05. The second-order valence-electron chi connectivity index (χ2n) is 6.93. The Morgan fingerprint density at radius 2 is 2.12 bits per heavy atom. The lowest BCUT2D eigenvalue weighted by Gasteiger charge is -2.34. The number of aryl methyl sites for hydroxylation is 2. The average molecular weight is 329 g/mol. The van der Waals surface area contributed by atoms with Crippen LogP contribution < -0.4 is 0 Å². The Balaban J connectivity index is 1.28. The summed E-state index contributed by atoms with van der Waals surface area (Å²) >= 11 is 0. The molecule has 0 spiro atoms. The van der Waals surface area contributed by atoms with Crippen LogP contribution in [0.25, 0.3) is 0 Å². The predicted octanol–water partition coefficient (Wildman–Crippen LogP) is 1.16. The van der Waals surface area contributed by atoms with Gasteiger partial charge in [0.1, 0.15) is 5.76 Å². The lowest BCUT2D eigenvalue weighted by molar-refractivity contribution is -0.134. The van der Waals surface area contributed by atoms with Crippen molar-refractivity contribution >= 4 is 5.91 Å². The molecule has 1 aliphatic heterocycles. The number of amides is 1. The Kier molecular flexibility index (Phi) is 3.88. The minimum atomic E-state index is 0.152. The lowest BCUT2D eigenvalue weighted by atomic mass is 10.1. The summed E-state index contributed by atoms with van der Waals surface area (Å²) in [5.41, 5.74) is 2.15. The number of carbonyl (C=O) groups excluding carboxylic acids is 1. The number of hydrogen-bond donors (Lipinski definition) is 0. The van der Waals surface area contributed by atoms with Gasteiger partial charge in [-0.2, -0.15) is 5.10 Å². The molecule has 2 aromatic rings. The van der Waals surface area contributed by atoms with Crippen molar-refractivity contribution in [3.05, 3.63) is 35.5 Å². The zero-order chi connectivity index (χ0) is 16.7. The van der Waals surface area contributed by atoms with Gasteiger partial charge in [0.15, 0.2) is 0 Å². The van der Waals surface area contributed by atoms with E-state index in [0.29, 0.717) is 11.8 Å². The van der Waals surface area contributed by atoms with E-state index in [-0.39, 0.29) is 5.92 Å². The van der Waals surface area contributed by atoms with Crippen LogP contribution in [0.2, 0.25) is 0 Å². The molecule has 0 radical (unpaired) electrons. The van der Waals surface area contributed by atoms with Gasteiger partial charge in [-0.1, -0.05) is 5.16 Å². The van der Waals surface area contributed by atoms with Crippen molar-refractivity contribution < 1.29 is 9.32 Å². The van der Waals surface area contributed by atoms with Crippen molar-refractivity contribution in [2.24, 2.45) is 13.0 Å². The molecule has 1 saturated heterocycles. The number of piperazine rings is 1. The fraction of sp³-hybridized carbons (Fsp3) is 0.588. The van der Waals surface area contributed by atoms with Crippen molar-refractivity contribution in [1.29, 1.82) is 0 Å². The number of nitrogens with zero attached hydrogens (tertiary/aromatic N) is 5. The zero-order valence-corrected chi connectivity index (χ0v) is 14.2. The highest BCUT2D eigenvalue weighted by Crippen LogP contribution is 2.48. The number of aromatic nitrogens is 3. The molecule has 1 saturated carbocycles. The largest absolute Gasteiger partial charge is 0.361 e. The van der Waals surface area contributed by atoms with E-state index in [0.717, 1.165) is 50.6 Å². The molecule has 0 unspecified atom stereocenters. The van der Waals surface area contributed by atoms with Crippen molar-refractivity contribution in [2.75, 3.05) is 26.2 Å². The molecule has 7 nitrogen and oxygen atoms in total. The van der Waals surface area contributed by atoms with Gasteiger partial charge >= 0.3 is 0 Å². The van der Waals surface area contributed by atoms with Gasteiger partial charge in [-0.15, -0.1) is 0 Å². The number of rotatable bonds is 4. The molecular formula is C17H23N5O2. The van der Waals surface area contributed by atoms with Crippen LogP contribution in [0.3, 0.4) is 0 Å². The molecule has 0 aromatic carbocycles. The summed E-state index contributed by atoms with van der Waals surface area (Å²) in [5, 5.41) is 8.25. The highest BCUT2D eigenvalue weighted by molar-refractivity contribution is 5.83. The number of hydrogen-bond acceptors (Lipinski definition) is 5. The predicted molar refractivity (Wildman–Crippen MR) is 87.2 cm³/mol. The van der Waals surface area contributed by atoms with Gasteiger partial charge in [-0.05, 0) is 24.8 Å². The summed E-state index contributed by atoms with van der Waals surface area (Å²) in [5.74, 6) is 1.66. The second-order valence-corrected chi connectivity index (χ2v) is 6.93. The summed E-state index contributed by atoms with van der Waals surface area (Å²) in [4.78, 5) is 17.0. The van der Waals surface area contributed by atoms with E-state index in [9.17, 15) is 4.79 Å². The van der Waals surface area contributed by atoms with Crippen LogP contribution in [0.4, 0.5) is 0 Å². The van der Waals surface area contributed by atoms with Gasteiger partial charge in [-0.25, -0.2) is 0 Å². The monoisotopic (exact) mass is 329 g/mol. The smallest absolute Gasteiger partial charge is 0.226 e. The van der Waals surface area contributed by atoms with Crippen LogP contribution in [-0.2, 0) is 18.4 Å². The first-order valence-corrected chi connectivity index (χ1v) is 8.52. The Bertz CT molecular complexity index is 729. The third kappa shape index (κ3) is 3.08. The highest BCUT2D eigenvalue weighted by atomic mass is 16.5. The zero-order valence-electron chi connectivity index (χ0n) is 14.2. The normalized spacial score (nSPS) is 24.3. The fourth-order valence-electron chi connectivity index (χ4n) is 3.55. The minimum Gasteiger partial charge on any atom is -0.361 e. The van der Waals surface area contributed by atoms with Gasteiger partial charge in [0.05, 0.1) is 11.9 Å². The molecule has 1 amide bonds. The van der Waals surface area contributed by atoms with E-state index < -0.39 is 0 Å². The average Bonchev–Trinajstić information content (AvgIpc) is 3.09. The van der Waals surface area contributed by atoms with Crippen LogP contribution in [0.1, 0.15) is 29.4 Å². The van der Waals surface area contributed by atoms with E-state index in [4.69, 9.17) is 4.52 Å². The Labute approximate surface area is 141 Å². The first-order chi connectivity index (χ1) is 11.6. The third-order valence-corrected chi connectivity index (χ3v) is 5.01. The molecule has 0 bridgehead atoms. The first kappa shape index (κ1) is 15.4. The van der Waals surface area contributed by atoms with Crippen molar-refractivity contribution in [1.82, 2.24) is 24.7 Å². The van der Waals surface area contributed by atoms with Gasteiger partial charge in [0.2, 0.25) is 5.91 Å². The maximum Gasteiger partial charge on any atom is 0.226 e. The standard InChI is InChI=1S/C17H23N5O2/c1-12-7-14(19-24-12)11-21-3-5-22(6-4-21)17(23)16-8-15(16)13-9-18-20(2)10-13/h7,9-10,15-16H,3-6,8,11H2,1-2H3/t15-,16+/m0/s1. The van der Waals surface area contributed by atoms with Crippen molar-refractivity contribution in [2.45, 2.75) is 25.8 Å². The minimum absolute atomic E-state index is 0.152. The summed E-state index contributed by atoms with van der Waals surface area (Å²) in [6.07, 6.45) is 4.87. The fourth-order valence-corrected chi connectivity index (χ4v) is 3.55. The first-order valence-electron chi connectivity index (χ1n) is 8.52. The van der Waals surface area contributed by atoms with Gasteiger partial charge in [-0.3, -0.25) is 14.4 Å². The summed E-state index contributed by atoms with van der Waals surface area (Å²) in [6.45, 7) is 6.07. The topological polar surface area (TPSA) is 67.4 Å². The highest BCUT2D eigenvalue weighted by Gasteiger charge is 2.46. The van der Waals surface area contributed by atoms with Crippen LogP contribution >= 0.6 is 0 Å². The molecule has 24 heavy (non-hydrogen) atoms. The molecular weight excluding hydrogens is 306 g/mol. The quantitative estimate of drug-likeness (QED) is 0.842. The SMILES string of the molecule is Cc1cc(CN2CCN(C(=O)[C@@H]3C[C@H]3c3cnn(C)c3)CC2)no1.